The van der Waals surface area contributed by atoms with E-state index < -0.39 is 0 Å². The fourth-order valence-electron chi connectivity index (χ4n) is 8.44. The molecule has 0 aromatic heterocycles. The van der Waals surface area contributed by atoms with Crippen molar-refractivity contribution in [3.63, 3.8) is 0 Å². The number of esters is 1. The summed E-state index contributed by atoms with van der Waals surface area (Å²) < 4.78 is 5.32. The summed E-state index contributed by atoms with van der Waals surface area (Å²) in [5.74, 6) is 0.449. The topological polar surface area (TPSA) is 41.6 Å². The van der Waals surface area contributed by atoms with Crippen LogP contribution in [-0.2, 0) is 14.9 Å². The van der Waals surface area contributed by atoms with Crippen molar-refractivity contribution in [2.45, 2.75) is 49.6 Å². The minimum absolute atomic E-state index is 0.00844. The summed E-state index contributed by atoms with van der Waals surface area (Å²) in [7, 11) is 1.56. The zero-order chi connectivity index (χ0) is 17.0. The first-order valence-electron chi connectivity index (χ1n) is 9.81. The van der Waals surface area contributed by atoms with Crippen molar-refractivity contribution < 1.29 is 9.53 Å². The molecule has 1 aromatic rings. The van der Waals surface area contributed by atoms with E-state index in [1.54, 1.807) is 7.11 Å². The lowest BCUT2D eigenvalue weighted by molar-refractivity contribution is -0.150. The standard InChI is InChI=1S/C21H26N2O2/c1-13-19-8-5-10-23-11-9-20(18(19)23)14-6-3-4-7-16(14)22-21(13,20)15(12-19)17(24)25-2/h3-4,6-7,13,15,18,22H,5,8-12H2,1-2H3/t13?,15?,18-,19?,20?,21?/m0/s1. The summed E-state index contributed by atoms with van der Waals surface area (Å²) in [6, 6.07) is 9.42. The Hall–Kier alpha value is -1.55. The minimum atomic E-state index is -0.173. The molecule has 1 N–H and O–H groups in total. The monoisotopic (exact) mass is 338 g/mol. The van der Waals surface area contributed by atoms with E-state index in [9.17, 15) is 4.79 Å². The molecular formula is C21H26N2O2. The molecular weight excluding hydrogens is 312 g/mol. The van der Waals surface area contributed by atoms with Crippen LogP contribution >= 0.6 is 0 Å². The highest BCUT2D eigenvalue weighted by Crippen LogP contribution is 2.79. The van der Waals surface area contributed by atoms with E-state index in [0.717, 1.165) is 6.42 Å². The fraction of sp³-hybridized carbons (Fsp3) is 0.667. The Balaban J connectivity index is 1.67. The van der Waals surface area contributed by atoms with Crippen LogP contribution in [0.3, 0.4) is 0 Å². The third-order valence-corrected chi connectivity index (χ3v) is 8.91. The van der Waals surface area contributed by atoms with Gasteiger partial charge in [-0.05, 0) is 61.7 Å². The summed E-state index contributed by atoms with van der Waals surface area (Å²) in [6.07, 6.45) is 4.69. The summed E-state index contributed by atoms with van der Waals surface area (Å²) in [6.45, 7) is 4.82. The number of nitrogens with zero attached hydrogens (tertiary/aromatic N) is 1. The summed E-state index contributed by atoms with van der Waals surface area (Å²) in [4.78, 5) is 15.7. The van der Waals surface area contributed by atoms with Crippen LogP contribution in [-0.4, -0.2) is 42.6 Å². The van der Waals surface area contributed by atoms with Crippen LogP contribution in [0.15, 0.2) is 24.3 Å². The maximum Gasteiger partial charge on any atom is 0.311 e. The van der Waals surface area contributed by atoms with Crippen LogP contribution in [0.4, 0.5) is 5.69 Å². The predicted octanol–water partition coefficient (Wildman–Crippen LogP) is 2.79. The van der Waals surface area contributed by atoms with Gasteiger partial charge in [0.1, 0.15) is 0 Å². The van der Waals surface area contributed by atoms with Crippen LogP contribution in [0, 0.1) is 17.3 Å². The maximum absolute atomic E-state index is 12.9. The quantitative estimate of drug-likeness (QED) is 0.800. The number of anilines is 1. The second-order valence-corrected chi connectivity index (χ2v) is 9.04. The van der Waals surface area contributed by atoms with Crippen LogP contribution < -0.4 is 5.32 Å². The average molecular weight is 338 g/mol. The molecule has 5 aliphatic rings. The van der Waals surface area contributed by atoms with Gasteiger partial charge in [0.15, 0.2) is 0 Å². The molecule has 3 spiro atoms. The Bertz CT molecular complexity index is 794. The van der Waals surface area contributed by atoms with Crippen LogP contribution in [0.5, 0.6) is 0 Å². The van der Waals surface area contributed by atoms with E-state index in [2.05, 4.69) is 41.4 Å². The van der Waals surface area contributed by atoms with E-state index >= 15 is 0 Å². The lowest BCUT2D eigenvalue weighted by atomic mass is 9.56. The second-order valence-electron chi connectivity index (χ2n) is 9.04. The number of para-hydroxylation sites is 1. The summed E-state index contributed by atoms with van der Waals surface area (Å²) in [5, 5.41) is 3.96. The van der Waals surface area contributed by atoms with E-state index in [0.29, 0.717) is 12.0 Å². The third-order valence-electron chi connectivity index (χ3n) is 8.91. The molecule has 5 unspecified atom stereocenters. The first-order chi connectivity index (χ1) is 12.1. The van der Waals surface area contributed by atoms with Gasteiger partial charge in [-0.15, -0.1) is 0 Å². The molecule has 2 saturated carbocycles. The van der Waals surface area contributed by atoms with Gasteiger partial charge < -0.3 is 10.1 Å². The molecule has 25 heavy (non-hydrogen) atoms. The van der Waals surface area contributed by atoms with Crippen LogP contribution in [0.25, 0.3) is 0 Å². The largest absolute Gasteiger partial charge is 0.469 e. The third kappa shape index (κ3) is 1.23. The summed E-state index contributed by atoms with van der Waals surface area (Å²) in [5.41, 5.74) is 2.88. The number of carbonyl (C=O) groups is 1. The van der Waals surface area contributed by atoms with Crippen molar-refractivity contribution in [3.8, 4) is 0 Å². The van der Waals surface area contributed by atoms with Gasteiger partial charge in [-0.2, -0.15) is 0 Å². The molecule has 4 fully saturated rings. The number of fused-ring (bicyclic) bond motifs is 1. The van der Waals surface area contributed by atoms with E-state index in [-0.39, 0.29) is 28.3 Å². The normalized spacial score (nSPS) is 48.6. The molecule has 1 aromatic carbocycles. The Morgan fingerprint density at radius 2 is 2.12 bits per heavy atom. The Labute approximate surface area is 148 Å². The van der Waals surface area contributed by atoms with Gasteiger partial charge in [-0.1, -0.05) is 25.1 Å². The van der Waals surface area contributed by atoms with Gasteiger partial charge >= 0.3 is 5.97 Å². The Kier molecular flexibility index (Phi) is 2.47. The van der Waals surface area contributed by atoms with Gasteiger partial charge in [0, 0.05) is 17.1 Å². The molecule has 132 valence electrons. The number of hydrogen-bond acceptors (Lipinski definition) is 4. The lowest BCUT2D eigenvalue weighted by Gasteiger charge is -2.52. The molecule has 2 bridgehead atoms. The molecule has 4 heteroatoms. The molecule has 4 nitrogen and oxygen atoms in total. The van der Waals surface area contributed by atoms with Gasteiger partial charge in [0.05, 0.1) is 18.6 Å². The van der Waals surface area contributed by atoms with Crippen molar-refractivity contribution >= 4 is 11.7 Å². The predicted molar refractivity (Wildman–Crippen MR) is 95.4 cm³/mol. The number of methoxy groups -OCH3 is 1. The molecule has 2 aliphatic carbocycles. The lowest BCUT2D eigenvalue weighted by Crippen LogP contribution is -2.63. The highest BCUT2D eigenvalue weighted by atomic mass is 16.5. The molecule has 6 rings (SSSR count). The fourth-order valence-corrected chi connectivity index (χ4v) is 8.44. The van der Waals surface area contributed by atoms with Crippen LogP contribution in [0.2, 0.25) is 0 Å². The van der Waals surface area contributed by atoms with Crippen molar-refractivity contribution in [2.24, 2.45) is 17.3 Å². The van der Waals surface area contributed by atoms with Gasteiger partial charge in [0.25, 0.3) is 0 Å². The van der Waals surface area contributed by atoms with E-state index in [1.165, 1.54) is 43.6 Å². The zero-order valence-corrected chi connectivity index (χ0v) is 15.0. The van der Waals surface area contributed by atoms with E-state index in [4.69, 9.17) is 4.74 Å². The average Bonchev–Trinajstić information content (AvgIpc) is 3.29. The molecule has 3 heterocycles. The molecule has 0 amide bonds. The first kappa shape index (κ1) is 14.6. The molecule has 3 aliphatic heterocycles. The highest BCUT2D eigenvalue weighted by Gasteiger charge is 2.86. The Morgan fingerprint density at radius 3 is 2.96 bits per heavy atom. The number of carbonyl (C=O) groups excluding carboxylic acids is 1. The minimum Gasteiger partial charge on any atom is -0.469 e. The van der Waals surface area contributed by atoms with Crippen LogP contribution in [0.1, 0.15) is 38.2 Å². The van der Waals surface area contributed by atoms with Gasteiger partial charge in [-0.25, -0.2) is 0 Å². The van der Waals surface area contributed by atoms with E-state index in [1.807, 2.05) is 0 Å². The SMILES string of the molecule is COC(=O)C1CC23CCCN4CCC5(c6ccccc6NC15C2C)[C@@H]43. The van der Waals surface area contributed by atoms with Crippen molar-refractivity contribution in [3.05, 3.63) is 29.8 Å². The second kappa shape index (κ2) is 4.22. The van der Waals surface area contributed by atoms with Crippen molar-refractivity contribution in [1.29, 1.82) is 0 Å². The van der Waals surface area contributed by atoms with Crippen molar-refractivity contribution in [2.75, 3.05) is 25.5 Å². The number of nitrogens with one attached hydrogen (secondary N) is 1. The maximum atomic E-state index is 12.9. The van der Waals surface area contributed by atoms with Gasteiger partial charge in [0.2, 0.25) is 0 Å². The van der Waals surface area contributed by atoms with Gasteiger partial charge in [-0.3, -0.25) is 9.69 Å². The molecule has 0 radical (unpaired) electrons. The molecule has 2 saturated heterocycles. The zero-order valence-electron chi connectivity index (χ0n) is 15.0. The highest BCUT2D eigenvalue weighted by molar-refractivity contribution is 5.82. The first-order valence-corrected chi connectivity index (χ1v) is 9.81. The molecule has 6 atom stereocenters. The number of hydrogen-bond donors (Lipinski definition) is 1. The number of piperidine rings is 1. The number of ether oxygens (including phenoxy) is 1. The number of benzene rings is 1. The number of rotatable bonds is 1. The van der Waals surface area contributed by atoms with Crippen molar-refractivity contribution in [1.82, 2.24) is 4.90 Å². The smallest absolute Gasteiger partial charge is 0.311 e. The summed E-state index contributed by atoms with van der Waals surface area (Å²) >= 11 is 0. The Morgan fingerprint density at radius 1 is 1.28 bits per heavy atom.